The Kier molecular flexibility index (Phi) is 5.65. The third-order valence-electron chi connectivity index (χ3n) is 5.29. The topological polar surface area (TPSA) is 123 Å². The molecule has 1 atom stereocenters. The molecular formula is C23H17FN2O7. The highest BCUT2D eigenvalue weighted by Gasteiger charge is 2.46. The van der Waals surface area contributed by atoms with Gasteiger partial charge in [0, 0.05) is 17.7 Å². The highest BCUT2D eigenvalue weighted by molar-refractivity contribution is 6.46. The number of ketones is 1. The van der Waals surface area contributed by atoms with Crippen LogP contribution in [-0.2, 0) is 16.1 Å². The van der Waals surface area contributed by atoms with Crippen molar-refractivity contribution in [2.45, 2.75) is 12.6 Å². The number of Topliss-reactive ketones (excluding diaryl/α,β-unsaturated/α-hetero) is 1. The number of rotatable bonds is 6. The van der Waals surface area contributed by atoms with Gasteiger partial charge in [0.1, 0.15) is 11.5 Å². The average molecular weight is 452 g/mol. The van der Waals surface area contributed by atoms with Gasteiger partial charge in [-0.1, -0.05) is 0 Å². The third-order valence-corrected chi connectivity index (χ3v) is 5.29. The van der Waals surface area contributed by atoms with Crippen molar-refractivity contribution < 1.29 is 33.2 Å². The lowest BCUT2D eigenvalue weighted by Crippen LogP contribution is -2.29. The molecule has 0 saturated carbocycles. The SMILES string of the molecule is COc1ccc(C(O)=C2C(=O)C(=O)N(Cc3ccco3)[C@@H]2c2ccc([N+](=O)[O-])cc2)cc1F. The molecule has 9 nitrogen and oxygen atoms in total. The summed E-state index contributed by atoms with van der Waals surface area (Å²) in [6, 6.07) is 11.0. The molecule has 1 amide bonds. The number of likely N-dealkylation sites (tertiary alicyclic amines) is 1. The number of furan rings is 1. The Labute approximate surface area is 186 Å². The van der Waals surface area contributed by atoms with Crippen LogP contribution in [0.5, 0.6) is 5.75 Å². The molecule has 1 N–H and O–H groups in total. The van der Waals surface area contributed by atoms with Gasteiger partial charge in [-0.05, 0) is 48.0 Å². The van der Waals surface area contributed by atoms with E-state index in [1.807, 2.05) is 0 Å². The lowest BCUT2D eigenvalue weighted by molar-refractivity contribution is -0.384. The first kappa shape index (κ1) is 21.8. The number of aliphatic hydroxyl groups excluding tert-OH is 1. The summed E-state index contributed by atoms with van der Waals surface area (Å²) in [7, 11) is 1.28. The van der Waals surface area contributed by atoms with Gasteiger partial charge in [0.15, 0.2) is 11.6 Å². The molecule has 0 spiro atoms. The van der Waals surface area contributed by atoms with Crippen molar-refractivity contribution in [1.82, 2.24) is 4.90 Å². The van der Waals surface area contributed by atoms with Crippen molar-refractivity contribution in [3.63, 3.8) is 0 Å². The smallest absolute Gasteiger partial charge is 0.296 e. The van der Waals surface area contributed by atoms with Crippen LogP contribution in [0, 0.1) is 15.9 Å². The van der Waals surface area contributed by atoms with Crippen LogP contribution in [0.15, 0.2) is 70.9 Å². The fourth-order valence-corrected chi connectivity index (χ4v) is 3.71. The van der Waals surface area contributed by atoms with Gasteiger partial charge in [0.2, 0.25) is 0 Å². The number of nitro groups is 1. The van der Waals surface area contributed by atoms with Crippen molar-refractivity contribution in [3.8, 4) is 5.75 Å². The number of halogens is 1. The van der Waals surface area contributed by atoms with Gasteiger partial charge in [-0.15, -0.1) is 0 Å². The van der Waals surface area contributed by atoms with Crippen LogP contribution in [0.4, 0.5) is 10.1 Å². The molecular weight excluding hydrogens is 435 g/mol. The lowest BCUT2D eigenvalue weighted by atomic mass is 9.95. The number of aliphatic hydroxyl groups is 1. The zero-order valence-corrected chi connectivity index (χ0v) is 17.2. The van der Waals surface area contributed by atoms with E-state index in [1.54, 1.807) is 12.1 Å². The molecule has 3 aromatic rings. The van der Waals surface area contributed by atoms with Gasteiger partial charge < -0.3 is 19.2 Å². The first-order valence-electron chi connectivity index (χ1n) is 9.71. The molecule has 10 heteroatoms. The number of nitrogens with zero attached hydrogens (tertiary/aromatic N) is 2. The number of ether oxygens (including phenoxy) is 1. The molecule has 4 rings (SSSR count). The summed E-state index contributed by atoms with van der Waals surface area (Å²) >= 11 is 0. The second-order valence-electron chi connectivity index (χ2n) is 7.20. The number of benzene rings is 2. The van der Waals surface area contributed by atoms with E-state index < -0.39 is 34.2 Å². The Morgan fingerprint density at radius 1 is 1.21 bits per heavy atom. The number of methoxy groups -OCH3 is 1. The minimum Gasteiger partial charge on any atom is -0.507 e. The molecule has 0 radical (unpaired) electrons. The molecule has 1 saturated heterocycles. The first-order valence-corrected chi connectivity index (χ1v) is 9.71. The van der Waals surface area contributed by atoms with Gasteiger partial charge in [0.05, 0.1) is 36.5 Å². The molecule has 1 aliphatic rings. The Bertz CT molecular complexity index is 1270. The first-order chi connectivity index (χ1) is 15.8. The second-order valence-corrected chi connectivity index (χ2v) is 7.20. The Balaban J connectivity index is 1.86. The van der Waals surface area contributed by atoms with E-state index in [9.17, 15) is 29.2 Å². The van der Waals surface area contributed by atoms with Crippen LogP contribution in [0.1, 0.15) is 22.9 Å². The number of nitro benzene ring substituents is 1. The summed E-state index contributed by atoms with van der Waals surface area (Å²) in [5.41, 5.74) is -0.137. The van der Waals surface area contributed by atoms with Crippen LogP contribution < -0.4 is 4.74 Å². The van der Waals surface area contributed by atoms with Crippen molar-refractivity contribution in [3.05, 3.63) is 99.3 Å². The number of non-ortho nitro benzene ring substituents is 1. The van der Waals surface area contributed by atoms with E-state index in [-0.39, 0.29) is 29.1 Å². The van der Waals surface area contributed by atoms with Crippen molar-refractivity contribution in [1.29, 1.82) is 0 Å². The van der Waals surface area contributed by atoms with E-state index in [0.29, 0.717) is 11.3 Å². The molecule has 2 aromatic carbocycles. The fourth-order valence-electron chi connectivity index (χ4n) is 3.71. The third kappa shape index (κ3) is 3.93. The van der Waals surface area contributed by atoms with Crippen LogP contribution in [-0.4, -0.2) is 33.7 Å². The molecule has 168 valence electrons. The predicted octanol–water partition coefficient (Wildman–Crippen LogP) is 3.96. The molecule has 1 fully saturated rings. The summed E-state index contributed by atoms with van der Waals surface area (Å²) in [5.74, 6) is -2.89. The van der Waals surface area contributed by atoms with Crippen molar-refractivity contribution in [2.75, 3.05) is 7.11 Å². The van der Waals surface area contributed by atoms with E-state index >= 15 is 0 Å². The number of hydrogen-bond acceptors (Lipinski definition) is 7. The number of carbonyl (C=O) groups is 2. The number of carbonyl (C=O) groups excluding carboxylic acids is 2. The van der Waals surface area contributed by atoms with Gasteiger partial charge in [-0.3, -0.25) is 19.7 Å². The Morgan fingerprint density at radius 3 is 2.52 bits per heavy atom. The minimum atomic E-state index is -1.08. The highest BCUT2D eigenvalue weighted by atomic mass is 19.1. The lowest BCUT2D eigenvalue weighted by Gasteiger charge is -2.24. The molecule has 1 aromatic heterocycles. The standard InChI is InChI=1S/C23H17FN2O7/c1-32-18-9-6-14(11-17(18)24)21(27)19-20(13-4-7-15(8-5-13)26(30)31)25(23(29)22(19)28)12-16-3-2-10-33-16/h2-11,20,27H,12H2,1H3/t20-/m1/s1. The van der Waals surface area contributed by atoms with Crippen molar-refractivity contribution >= 4 is 23.1 Å². The normalized spacial score (nSPS) is 17.4. The van der Waals surface area contributed by atoms with E-state index in [2.05, 4.69) is 0 Å². The largest absolute Gasteiger partial charge is 0.507 e. The van der Waals surface area contributed by atoms with E-state index in [1.165, 1.54) is 54.7 Å². The molecule has 1 aliphatic heterocycles. The Hall–Kier alpha value is -4.47. The quantitative estimate of drug-likeness (QED) is 0.197. The average Bonchev–Trinajstić information content (AvgIpc) is 3.41. The maximum Gasteiger partial charge on any atom is 0.296 e. The Morgan fingerprint density at radius 2 is 1.94 bits per heavy atom. The summed E-state index contributed by atoms with van der Waals surface area (Å²) in [6.45, 7) is -0.0903. The van der Waals surface area contributed by atoms with Gasteiger partial charge >= 0.3 is 0 Å². The van der Waals surface area contributed by atoms with Gasteiger partial charge in [0.25, 0.3) is 17.4 Å². The molecule has 0 unspecified atom stereocenters. The maximum absolute atomic E-state index is 14.2. The summed E-state index contributed by atoms with van der Waals surface area (Å²) in [5, 5.41) is 22.0. The monoisotopic (exact) mass is 452 g/mol. The van der Waals surface area contributed by atoms with Crippen LogP contribution in [0.25, 0.3) is 5.76 Å². The number of hydrogen-bond donors (Lipinski definition) is 1. The summed E-state index contributed by atoms with van der Waals surface area (Å²) in [6.07, 6.45) is 1.41. The zero-order valence-electron chi connectivity index (χ0n) is 17.2. The van der Waals surface area contributed by atoms with Crippen LogP contribution in [0.2, 0.25) is 0 Å². The van der Waals surface area contributed by atoms with E-state index in [4.69, 9.17) is 9.15 Å². The zero-order chi connectivity index (χ0) is 23.7. The maximum atomic E-state index is 14.2. The summed E-state index contributed by atoms with van der Waals surface area (Å²) in [4.78, 5) is 37.5. The summed E-state index contributed by atoms with van der Waals surface area (Å²) < 4.78 is 24.4. The molecule has 2 heterocycles. The van der Waals surface area contributed by atoms with Crippen molar-refractivity contribution in [2.24, 2.45) is 0 Å². The van der Waals surface area contributed by atoms with E-state index in [0.717, 1.165) is 6.07 Å². The van der Waals surface area contributed by atoms with Gasteiger partial charge in [-0.25, -0.2) is 4.39 Å². The van der Waals surface area contributed by atoms with Crippen LogP contribution >= 0.6 is 0 Å². The predicted molar refractivity (Wildman–Crippen MR) is 113 cm³/mol. The molecule has 33 heavy (non-hydrogen) atoms. The number of amides is 1. The highest BCUT2D eigenvalue weighted by Crippen LogP contribution is 2.41. The molecule has 0 bridgehead atoms. The second kappa shape index (κ2) is 8.58. The molecule has 0 aliphatic carbocycles. The van der Waals surface area contributed by atoms with Crippen LogP contribution in [0.3, 0.4) is 0 Å². The van der Waals surface area contributed by atoms with Gasteiger partial charge in [-0.2, -0.15) is 0 Å². The minimum absolute atomic E-state index is 0.0313. The fraction of sp³-hybridized carbons (Fsp3) is 0.130.